The lowest BCUT2D eigenvalue weighted by Crippen LogP contribution is -2.56. The molecule has 0 aliphatic heterocycles. The molecule has 1 aromatic carbocycles. The molecule has 0 saturated carbocycles. The van der Waals surface area contributed by atoms with Gasteiger partial charge in [0.05, 0.1) is 6.04 Å². The standard InChI is InChI=1S/C20H30N4O6/c1-3-11(2)17(22)19(28)24-15(10-12-4-6-13(25)7-5-12)18(27)23-14(20(29)30)8-9-16(21)26/h4-7,11,14-15,17,25H,3,8-10,22H2,1-2H3,(H2,21,26)(H,23,27)(H,24,28)(H,29,30). The second-order valence-corrected chi connectivity index (χ2v) is 7.25. The lowest BCUT2D eigenvalue weighted by atomic mass is 9.98. The van der Waals surface area contributed by atoms with Crippen molar-refractivity contribution in [3.8, 4) is 5.75 Å². The third-order valence-electron chi connectivity index (χ3n) is 4.86. The summed E-state index contributed by atoms with van der Waals surface area (Å²) in [6, 6.07) is 2.75. The minimum absolute atomic E-state index is 0.0416. The summed E-state index contributed by atoms with van der Waals surface area (Å²) in [6.07, 6.45) is 0.318. The van der Waals surface area contributed by atoms with Gasteiger partial charge >= 0.3 is 5.97 Å². The van der Waals surface area contributed by atoms with Crippen molar-refractivity contribution >= 4 is 23.7 Å². The number of carbonyl (C=O) groups excluding carboxylic acids is 3. The Morgan fingerprint density at radius 3 is 2.10 bits per heavy atom. The number of rotatable bonds is 12. The molecular weight excluding hydrogens is 392 g/mol. The molecule has 3 amide bonds. The molecule has 0 bridgehead atoms. The van der Waals surface area contributed by atoms with Crippen LogP contribution in [-0.4, -0.2) is 52.0 Å². The topological polar surface area (TPSA) is 185 Å². The Morgan fingerprint density at radius 2 is 1.60 bits per heavy atom. The molecule has 0 aliphatic rings. The van der Waals surface area contributed by atoms with Crippen molar-refractivity contribution in [3.05, 3.63) is 29.8 Å². The molecular formula is C20H30N4O6. The molecule has 0 radical (unpaired) electrons. The number of aliphatic carboxylic acids is 1. The van der Waals surface area contributed by atoms with Gasteiger partial charge in [-0.3, -0.25) is 14.4 Å². The van der Waals surface area contributed by atoms with Gasteiger partial charge in [-0.25, -0.2) is 4.79 Å². The predicted octanol–water partition coefficient (Wildman–Crippen LogP) is -0.372. The number of phenolic OH excluding ortho intramolecular Hbond substituents is 1. The zero-order chi connectivity index (χ0) is 22.8. The number of nitrogens with two attached hydrogens (primary N) is 2. The van der Waals surface area contributed by atoms with E-state index in [0.717, 1.165) is 0 Å². The Labute approximate surface area is 175 Å². The number of nitrogens with one attached hydrogen (secondary N) is 2. The highest BCUT2D eigenvalue weighted by Crippen LogP contribution is 2.13. The number of hydrogen-bond donors (Lipinski definition) is 6. The van der Waals surface area contributed by atoms with E-state index in [0.29, 0.717) is 12.0 Å². The van der Waals surface area contributed by atoms with Crippen molar-refractivity contribution in [2.75, 3.05) is 0 Å². The minimum Gasteiger partial charge on any atom is -0.508 e. The number of phenols is 1. The first-order valence-electron chi connectivity index (χ1n) is 9.70. The molecule has 8 N–H and O–H groups in total. The number of hydrogen-bond acceptors (Lipinski definition) is 6. The Balaban J connectivity index is 3.00. The molecule has 0 aromatic heterocycles. The van der Waals surface area contributed by atoms with Gasteiger partial charge in [-0.15, -0.1) is 0 Å². The SMILES string of the molecule is CCC(C)C(N)C(=O)NC(Cc1ccc(O)cc1)C(=O)NC(CCC(N)=O)C(=O)O. The first-order valence-corrected chi connectivity index (χ1v) is 9.70. The van der Waals surface area contributed by atoms with Gasteiger partial charge in [0.2, 0.25) is 17.7 Å². The largest absolute Gasteiger partial charge is 0.508 e. The van der Waals surface area contributed by atoms with Crippen LogP contribution >= 0.6 is 0 Å². The molecule has 10 nitrogen and oxygen atoms in total. The van der Waals surface area contributed by atoms with Crippen molar-refractivity contribution in [2.24, 2.45) is 17.4 Å². The number of amides is 3. The summed E-state index contributed by atoms with van der Waals surface area (Å²) < 4.78 is 0. The van der Waals surface area contributed by atoms with E-state index >= 15 is 0 Å². The molecule has 4 atom stereocenters. The van der Waals surface area contributed by atoms with Gasteiger partial charge in [0.25, 0.3) is 0 Å². The van der Waals surface area contributed by atoms with Crippen LogP contribution in [0.4, 0.5) is 0 Å². The zero-order valence-corrected chi connectivity index (χ0v) is 17.1. The van der Waals surface area contributed by atoms with Crippen LogP contribution in [0, 0.1) is 5.92 Å². The van der Waals surface area contributed by atoms with Gasteiger partial charge in [-0.2, -0.15) is 0 Å². The van der Waals surface area contributed by atoms with Gasteiger partial charge in [0.1, 0.15) is 17.8 Å². The summed E-state index contributed by atoms with van der Waals surface area (Å²) in [5.41, 5.74) is 11.6. The monoisotopic (exact) mass is 422 g/mol. The number of benzene rings is 1. The molecule has 0 spiro atoms. The minimum atomic E-state index is -1.34. The maximum Gasteiger partial charge on any atom is 0.326 e. The van der Waals surface area contributed by atoms with E-state index in [1.165, 1.54) is 12.1 Å². The number of carboxylic acids is 1. The van der Waals surface area contributed by atoms with Crippen LogP contribution in [0.15, 0.2) is 24.3 Å². The summed E-state index contributed by atoms with van der Waals surface area (Å²) in [4.78, 5) is 47.7. The molecule has 0 fully saturated rings. The van der Waals surface area contributed by atoms with Gasteiger partial charge in [0.15, 0.2) is 0 Å². The molecule has 4 unspecified atom stereocenters. The third kappa shape index (κ3) is 8.08. The first-order chi connectivity index (χ1) is 14.0. The van der Waals surface area contributed by atoms with Crippen LogP contribution in [0.5, 0.6) is 5.75 Å². The normalized spacial score (nSPS) is 14.8. The molecule has 0 aliphatic carbocycles. The number of aromatic hydroxyl groups is 1. The third-order valence-corrected chi connectivity index (χ3v) is 4.86. The van der Waals surface area contributed by atoms with Crippen LogP contribution in [0.2, 0.25) is 0 Å². The Morgan fingerprint density at radius 1 is 1.03 bits per heavy atom. The van der Waals surface area contributed by atoms with Crippen LogP contribution in [0.3, 0.4) is 0 Å². The van der Waals surface area contributed by atoms with E-state index < -0.39 is 41.8 Å². The van der Waals surface area contributed by atoms with Gasteiger partial charge in [-0.1, -0.05) is 32.4 Å². The highest BCUT2D eigenvalue weighted by molar-refractivity contribution is 5.92. The number of carbonyl (C=O) groups is 4. The fourth-order valence-corrected chi connectivity index (χ4v) is 2.67. The quantitative estimate of drug-likeness (QED) is 0.265. The van der Waals surface area contributed by atoms with Crippen molar-refractivity contribution in [3.63, 3.8) is 0 Å². The highest BCUT2D eigenvalue weighted by atomic mass is 16.4. The molecule has 0 heterocycles. The summed E-state index contributed by atoms with van der Waals surface area (Å²) in [5, 5.41) is 23.7. The van der Waals surface area contributed by atoms with E-state index in [1.54, 1.807) is 12.1 Å². The summed E-state index contributed by atoms with van der Waals surface area (Å²) in [7, 11) is 0. The maximum atomic E-state index is 12.8. The number of primary amides is 1. The van der Waals surface area contributed by atoms with Crippen LogP contribution in [0.25, 0.3) is 0 Å². The Bertz CT molecular complexity index is 752. The fraction of sp³-hybridized carbons (Fsp3) is 0.500. The molecule has 166 valence electrons. The van der Waals surface area contributed by atoms with E-state index in [1.807, 2.05) is 13.8 Å². The lowest BCUT2D eigenvalue weighted by molar-refractivity contribution is -0.142. The van der Waals surface area contributed by atoms with E-state index in [-0.39, 0.29) is 30.9 Å². The van der Waals surface area contributed by atoms with Crippen molar-refractivity contribution in [2.45, 2.75) is 57.7 Å². The second kappa shape index (κ2) is 11.8. The van der Waals surface area contributed by atoms with Crippen LogP contribution in [0.1, 0.15) is 38.7 Å². The number of carboxylic acid groups (broad SMARTS) is 1. The summed E-state index contributed by atoms with van der Waals surface area (Å²) in [6.45, 7) is 3.69. The van der Waals surface area contributed by atoms with Crippen LogP contribution < -0.4 is 22.1 Å². The Hall–Kier alpha value is -3.14. The van der Waals surface area contributed by atoms with Gasteiger partial charge in [-0.05, 0) is 30.0 Å². The molecule has 1 rings (SSSR count). The van der Waals surface area contributed by atoms with Gasteiger partial charge < -0.3 is 32.3 Å². The second-order valence-electron chi connectivity index (χ2n) is 7.25. The summed E-state index contributed by atoms with van der Waals surface area (Å²) >= 11 is 0. The van der Waals surface area contributed by atoms with Crippen molar-refractivity contribution in [1.29, 1.82) is 0 Å². The smallest absolute Gasteiger partial charge is 0.326 e. The average Bonchev–Trinajstić information content (AvgIpc) is 2.70. The van der Waals surface area contributed by atoms with E-state index in [9.17, 15) is 29.4 Å². The summed E-state index contributed by atoms with van der Waals surface area (Å²) in [5.74, 6) is -3.36. The predicted molar refractivity (Wildman–Crippen MR) is 109 cm³/mol. The maximum absolute atomic E-state index is 12.8. The van der Waals surface area contributed by atoms with Crippen molar-refractivity contribution in [1.82, 2.24) is 10.6 Å². The lowest BCUT2D eigenvalue weighted by Gasteiger charge is -2.24. The average molecular weight is 422 g/mol. The molecule has 0 saturated heterocycles. The first kappa shape index (κ1) is 24.9. The van der Waals surface area contributed by atoms with E-state index in [2.05, 4.69) is 10.6 Å². The van der Waals surface area contributed by atoms with Crippen molar-refractivity contribution < 1.29 is 29.4 Å². The Kier molecular flexibility index (Phi) is 9.76. The molecule has 1 aromatic rings. The van der Waals surface area contributed by atoms with Gasteiger partial charge in [0, 0.05) is 12.8 Å². The van der Waals surface area contributed by atoms with Crippen LogP contribution in [-0.2, 0) is 25.6 Å². The fourth-order valence-electron chi connectivity index (χ4n) is 2.67. The highest BCUT2D eigenvalue weighted by Gasteiger charge is 2.29. The zero-order valence-electron chi connectivity index (χ0n) is 17.1. The molecule has 10 heteroatoms. The van der Waals surface area contributed by atoms with E-state index in [4.69, 9.17) is 11.5 Å². The molecule has 30 heavy (non-hydrogen) atoms.